The zero-order valence-electron chi connectivity index (χ0n) is 10.6. The molecule has 6 nitrogen and oxygen atoms in total. The number of rotatable bonds is 6. The number of hydrogen-bond acceptors (Lipinski definition) is 4. The van der Waals surface area contributed by atoms with E-state index in [1.54, 1.807) is 6.92 Å². The standard InChI is InChI=1S/C11H19N3O3S/c1-3-4-8-5-10(8)14-18(16,17)11-9(6-15)7(2)12-13-11/h8,10,14-15H,3-6H2,1-2H3,(H,12,13). The van der Waals surface area contributed by atoms with Gasteiger partial charge in [-0.15, -0.1) is 0 Å². The molecule has 1 heterocycles. The molecule has 7 heteroatoms. The molecule has 18 heavy (non-hydrogen) atoms. The fourth-order valence-corrected chi connectivity index (χ4v) is 3.68. The van der Waals surface area contributed by atoms with Gasteiger partial charge >= 0.3 is 0 Å². The molecule has 2 unspecified atom stereocenters. The first-order chi connectivity index (χ1) is 8.49. The fraction of sp³-hybridized carbons (Fsp3) is 0.727. The molecule has 2 atom stereocenters. The van der Waals surface area contributed by atoms with Crippen LogP contribution in [0.5, 0.6) is 0 Å². The Balaban J connectivity index is 2.12. The first-order valence-corrected chi connectivity index (χ1v) is 7.65. The van der Waals surface area contributed by atoms with E-state index < -0.39 is 10.0 Å². The summed E-state index contributed by atoms with van der Waals surface area (Å²) in [6.07, 6.45) is 3.00. The number of hydrogen-bond donors (Lipinski definition) is 3. The van der Waals surface area contributed by atoms with Crippen LogP contribution in [0.25, 0.3) is 0 Å². The van der Waals surface area contributed by atoms with Crippen molar-refractivity contribution >= 4 is 10.0 Å². The van der Waals surface area contributed by atoms with Crippen LogP contribution in [0.1, 0.15) is 37.4 Å². The highest BCUT2D eigenvalue weighted by Gasteiger charge is 2.40. The number of aliphatic hydroxyl groups excluding tert-OH is 1. The maximum absolute atomic E-state index is 12.1. The zero-order valence-corrected chi connectivity index (χ0v) is 11.4. The smallest absolute Gasteiger partial charge is 0.260 e. The van der Waals surface area contributed by atoms with Crippen molar-refractivity contribution in [1.29, 1.82) is 0 Å². The third kappa shape index (κ3) is 2.57. The van der Waals surface area contributed by atoms with Crippen molar-refractivity contribution in [2.24, 2.45) is 5.92 Å². The van der Waals surface area contributed by atoms with E-state index in [9.17, 15) is 13.5 Å². The number of H-pyrrole nitrogens is 1. The van der Waals surface area contributed by atoms with Crippen LogP contribution in [0, 0.1) is 12.8 Å². The van der Waals surface area contributed by atoms with Crippen molar-refractivity contribution in [3.8, 4) is 0 Å². The molecule has 2 rings (SSSR count). The Hall–Kier alpha value is -0.920. The molecule has 0 spiro atoms. The molecular weight excluding hydrogens is 254 g/mol. The molecule has 1 aliphatic carbocycles. The van der Waals surface area contributed by atoms with E-state index in [0.29, 0.717) is 17.2 Å². The molecule has 1 aliphatic rings. The minimum atomic E-state index is -3.62. The van der Waals surface area contributed by atoms with Gasteiger partial charge in [0.2, 0.25) is 0 Å². The van der Waals surface area contributed by atoms with Gasteiger partial charge in [-0.05, 0) is 25.7 Å². The van der Waals surface area contributed by atoms with E-state index >= 15 is 0 Å². The minimum Gasteiger partial charge on any atom is -0.392 e. The van der Waals surface area contributed by atoms with Crippen molar-refractivity contribution in [3.63, 3.8) is 0 Å². The lowest BCUT2D eigenvalue weighted by Gasteiger charge is -2.05. The van der Waals surface area contributed by atoms with Crippen molar-refractivity contribution in [2.75, 3.05) is 0 Å². The molecule has 0 aliphatic heterocycles. The molecule has 0 bridgehead atoms. The van der Waals surface area contributed by atoms with Gasteiger partial charge in [0, 0.05) is 17.3 Å². The van der Waals surface area contributed by atoms with Crippen LogP contribution in [0.3, 0.4) is 0 Å². The van der Waals surface area contributed by atoms with Gasteiger partial charge in [-0.3, -0.25) is 5.10 Å². The summed E-state index contributed by atoms with van der Waals surface area (Å²) in [6.45, 7) is 3.45. The lowest BCUT2D eigenvalue weighted by atomic mass is 10.2. The molecule has 0 amide bonds. The quantitative estimate of drug-likeness (QED) is 0.710. The van der Waals surface area contributed by atoms with Gasteiger partial charge in [0.05, 0.1) is 6.61 Å². The largest absolute Gasteiger partial charge is 0.392 e. The lowest BCUT2D eigenvalue weighted by Crippen LogP contribution is -2.28. The Morgan fingerprint density at radius 2 is 2.28 bits per heavy atom. The summed E-state index contributed by atoms with van der Waals surface area (Å²) < 4.78 is 26.9. The monoisotopic (exact) mass is 273 g/mol. The van der Waals surface area contributed by atoms with E-state index in [1.165, 1.54) is 0 Å². The molecule has 0 aromatic carbocycles. The number of aromatic amines is 1. The van der Waals surface area contributed by atoms with E-state index in [2.05, 4.69) is 21.8 Å². The van der Waals surface area contributed by atoms with E-state index in [-0.39, 0.29) is 17.7 Å². The molecule has 0 radical (unpaired) electrons. The van der Waals surface area contributed by atoms with Gasteiger partial charge in [0.25, 0.3) is 10.0 Å². The van der Waals surface area contributed by atoms with Crippen LogP contribution in [-0.2, 0) is 16.6 Å². The number of aromatic nitrogens is 2. The second-order valence-corrected chi connectivity index (χ2v) is 6.43. The number of nitrogens with one attached hydrogen (secondary N) is 2. The van der Waals surface area contributed by atoms with Crippen LogP contribution in [0.15, 0.2) is 5.03 Å². The molecule has 1 saturated carbocycles. The Kier molecular flexibility index (Phi) is 3.74. The van der Waals surface area contributed by atoms with Gasteiger partial charge in [0.15, 0.2) is 5.03 Å². The summed E-state index contributed by atoms with van der Waals surface area (Å²) in [5, 5.41) is 15.5. The molecular formula is C11H19N3O3S. The summed E-state index contributed by atoms with van der Waals surface area (Å²) in [7, 11) is -3.62. The van der Waals surface area contributed by atoms with E-state index in [0.717, 1.165) is 19.3 Å². The number of sulfonamides is 1. The van der Waals surface area contributed by atoms with Gasteiger partial charge < -0.3 is 5.11 Å². The van der Waals surface area contributed by atoms with E-state index in [1.807, 2.05) is 0 Å². The Morgan fingerprint density at radius 1 is 1.56 bits per heavy atom. The zero-order chi connectivity index (χ0) is 13.3. The summed E-state index contributed by atoms with van der Waals surface area (Å²) in [5.41, 5.74) is 0.925. The van der Waals surface area contributed by atoms with Crippen LogP contribution in [-0.4, -0.2) is 29.8 Å². The first-order valence-electron chi connectivity index (χ1n) is 6.16. The summed E-state index contributed by atoms with van der Waals surface area (Å²) in [6, 6.07) is 0.0264. The third-order valence-corrected chi connectivity index (χ3v) is 4.80. The summed E-state index contributed by atoms with van der Waals surface area (Å²) in [4.78, 5) is 0. The highest BCUT2D eigenvalue weighted by atomic mass is 32.2. The molecule has 3 N–H and O–H groups in total. The number of aryl methyl sites for hydroxylation is 1. The molecule has 1 fully saturated rings. The van der Waals surface area contributed by atoms with Crippen LogP contribution < -0.4 is 4.72 Å². The van der Waals surface area contributed by atoms with Crippen molar-refractivity contribution in [3.05, 3.63) is 11.3 Å². The molecule has 102 valence electrons. The van der Waals surface area contributed by atoms with Gasteiger partial charge in [-0.2, -0.15) is 5.10 Å². The van der Waals surface area contributed by atoms with Crippen molar-refractivity contribution in [1.82, 2.24) is 14.9 Å². The van der Waals surface area contributed by atoms with Gasteiger partial charge in [-0.1, -0.05) is 13.3 Å². The second kappa shape index (κ2) is 4.99. The first kappa shape index (κ1) is 13.5. The number of nitrogens with zero attached hydrogens (tertiary/aromatic N) is 1. The van der Waals surface area contributed by atoms with Crippen LogP contribution in [0.4, 0.5) is 0 Å². The normalized spacial score (nSPS) is 23.3. The Morgan fingerprint density at radius 3 is 2.89 bits per heavy atom. The average molecular weight is 273 g/mol. The Bertz CT molecular complexity index is 524. The van der Waals surface area contributed by atoms with Crippen molar-refractivity contribution in [2.45, 2.75) is 50.8 Å². The number of aliphatic hydroxyl groups is 1. The highest BCUT2D eigenvalue weighted by molar-refractivity contribution is 7.89. The molecule has 1 aromatic rings. The summed E-state index contributed by atoms with van der Waals surface area (Å²) >= 11 is 0. The highest BCUT2D eigenvalue weighted by Crippen LogP contribution is 2.35. The maximum Gasteiger partial charge on any atom is 0.260 e. The summed E-state index contributed by atoms with van der Waals surface area (Å²) in [5.74, 6) is 0.447. The average Bonchev–Trinajstić information content (AvgIpc) is 2.89. The second-order valence-electron chi connectivity index (χ2n) is 4.80. The SMILES string of the molecule is CCCC1CC1NS(=O)(=O)c1n[nH]c(C)c1CO. The van der Waals surface area contributed by atoms with Crippen molar-refractivity contribution < 1.29 is 13.5 Å². The molecule has 1 aromatic heterocycles. The van der Waals surface area contributed by atoms with Crippen LogP contribution in [0.2, 0.25) is 0 Å². The minimum absolute atomic E-state index is 0.0264. The van der Waals surface area contributed by atoms with Gasteiger partial charge in [-0.25, -0.2) is 13.1 Å². The van der Waals surface area contributed by atoms with E-state index in [4.69, 9.17) is 0 Å². The predicted octanol–water partition coefficient (Wildman–Crippen LogP) is 0.677. The topological polar surface area (TPSA) is 95.1 Å². The fourth-order valence-electron chi connectivity index (χ4n) is 2.18. The lowest BCUT2D eigenvalue weighted by molar-refractivity contribution is 0.277. The Labute approximate surface area is 107 Å². The maximum atomic E-state index is 12.1. The predicted molar refractivity (Wildman–Crippen MR) is 66.4 cm³/mol. The third-order valence-electron chi connectivity index (χ3n) is 3.34. The van der Waals surface area contributed by atoms with Crippen LogP contribution >= 0.6 is 0 Å². The molecule has 0 saturated heterocycles. The van der Waals surface area contributed by atoms with Gasteiger partial charge in [0.1, 0.15) is 0 Å².